The fourth-order valence-corrected chi connectivity index (χ4v) is 3.74. The van der Waals surface area contributed by atoms with Crippen molar-refractivity contribution in [2.45, 2.75) is 37.1 Å². The summed E-state index contributed by atoms with van der Waals surface area (Å²) in [4.78, 5) is 13.2. The number of benzene rings is 2. The highest BCUT2D eigenvalue weighted by Gasteiger charge is 2.15. The lowest BCUT2D eigenvalue weighted by molar-refractivity contribution is -0.119. The Hall–Kier alpha value is -1.45. The van der Waals surface area contributed by atoms with Crippen molar-refractivity contribution in [1.29, 1.82) is 0 Å². The minimum absolute atomic E-state index is 0.0409. The predicted octanol–water partition coefficient (Wildman–Crippen LogP) is 4.80. The number of halogens is 1. The van der Waals surface area contributed by atoms with Crippen molar-refractivity contribution in [3.63, 3.8) is 0 Å². The standard InChI is InChI=1S/C19H20ClNOS/c1-13(15-6-5-14-3-2-4-16(14)11-15)21-19(22)12-23-18-9-7-17(20)8-10-18/h5-11,13H,2-4,12H2,1H3,(H,21,22)/t13-/m0/s1. The average Bonchev–Trinajstić information content (AvgIpc) is 3.02. The first-order chi connectivity index (χ1) is 11.1. The number of fused-ring (bicyclic) bond motifs is 1. The molecule has 0 heterocycles. The molecule has 0 saturated carbocycles. The molecule has 3 rings (SSSR count). The third kappa shape index (κ3) is 4.30. The molecule has 120 valence electrons. The van der Waals surface area contributed by atoms with Gasteiger partial charge < -0.3 is 5.32 Å². The highest BCUT2D eigenvalue weighted by Crippen LogP contribution is 2.25. The maximum atomic E-state index is 12.1. The molecule has 1 aliphatic carbocycles. The second-order valence-corrected chi connectivity index (χ2v) is 7.40. The maximum absolute atomic E-state index is 12.1. The van der Waals surface area contributed by atoms with Crippen molar-refractivity contribution in [3.8, 4) is 0 Å². The van der Waals surface area contributed by atoms with E-state index >= 15 is 0 Å². The number of hydrogen-bond acceptors (Lipinski definition) is 2. The van der Waals surface area contributed by atoms with Crippen molar-refractivity contribution < 1.29 is 4.79 Å². The van der Waals surface area contributed by atoms with Gasteiger partial charge in [-0.15, -0.1) is 11.8 Å². The Morgan fingerprint density at radius 3 is 2.70 bits per heavy atom. The van der Waals surface area contributed by atoms with Gasteiger partial charge in [0.1, 0.15) is 0 Å². The number of carbonyl (C=O) groups is 1. The molecule has 0 aliphatic heterocycles. The lowest BCUT2D eigenvalue weighted by atomic mass is 10.0. The summed E-state index contributed by atoms with van der Waals surface area (Å²) in [5.74, 6) is 0.467. The fourth-order valence-electron chi connectivity index (χ4n) is 2.91. The van der Waals surface area contributed by atoms with Crippen LogP contribution in [-0.2, 0) is 17.6 Å². The van der Waals surface area contributed by atoms with Gasteiger partial charge in [-0.25, -0.2) is 0 Å². The molecule has 1 atom stereocenters. The lowest BCUT2D eigenvalue weighted by Crippen LogP contribution is -2.28. The molecule has 2 aromatic rings. The van der Waals surface area contributed by atoms with Crippen LogP contribution in [0.4, 0.5) is 0 Å². The Morgan fingerprint density at radius 2 is 1.91 bits per heavy atom. The topological polar surface area (TPSA) is 29.1 Å². The van der Waals surface area contributed by atoms with Gasteiger partial charge in [0.2, 0.25) is 5.91 Å². The Labute approximate surface area is 146 Å². The van der Waals surface area contributed by atoms with Gasteiger partial charge in [0.25, 0.3) is 0 Å². The summed E-state index contributed by atoms with van der Waals surface area (Å²) in [6.45, 7) is 2.04. The molecular weight excluding hydrogens is 326 g/mol. The maximum Gasteiger partial charge on any atom is 0.230 e. The van der Waals surface area contributed by atoms with E-state index in [-0.39, 0.29) is 11.9 Å². The van der Waals surface area contributed by atoms with Crippen LogP contribution in [0.2, 0.25) is 5.02 Å². The summed E-state index contributed by atoms with van der Waals surface area (Å²) >= 11 is 7.39. The molecule has 4 heteroatoms. The third-order valence-corrected chi connectivity index (χ3v) is 5.45. The second kappa shape index (κ2) is 7.41. The zero-order valence-corrected chi connectivity index (χ0v) is 14.7. The Bertz CT molecular complexity index is 699. The van der Waals surface area contributed by atoms with Crippen LogP contribution >= 0.6 is 23.4 Å². The van der Waals surface area contributed by atoms with Gasteiger partial charge in [-0.1, -0.05) is 29.8 Å². The van der Waals surface area contributed by atoms with Crippen LogP contribution in [0.5, 0.6) is 0 Å². The Morgan fingerprint density at radius 1 is 1.17 bits per heavy atom. The largest absolute Gasteiger partial charge is 0.349 e. The molecule has 0 unspecified atom stereocenters. The first kappa shape index (κ1) is 16.4. The van der Waals surface area contributed by atoms with Crippen molar-refractivity contribution in [2.75, 3.05) is 5.75 Å². The van der Waals surface area contributed by atoms with Gasteiger partial charge in [0.05, 0.1) is 11.8 Å². The number of carbonyl (C=O) groups excluding carboxylic acids is 1. The van der Waals surface area contributed by atoms with E-state index in [0.717, 1.165) is 11.3 Å². The summed E-state index contributed by atoms with van der Waals surface area (Å²) in [6, 6.07) is 14.2. The molecule has 1 N–H and O–H groups in total. The molecule has 0 aromatic heterocycles. The van der Waals surface area contributed by atoms with E-state index in [4.69, 9.17) is 11.6 Å². The third-order valence-electron chi connectivity index (χ3n) is 4.18. The first-order valence-electron chi connectivity index (χ1n) is 7.91. The quantitative estimate of drug-likeness (QED) is 0.789. The van der Waals surface area contributed by atoms with Gasteiger partial charge >= 0.3 is 0 Å². The highest BCUT2D eigenvalue weighted by molar-refractivity contribution is 8.00. The highest BCUT2D eigenvalue weighted by atomic mass is 35.5. The van der Waals surface area contributed by atoms with Crippen LogP contribution in [0.3, 0.4) is 0 Å². The molecular formula is C19H20ClNOS. The average molecular weight is 346 g/mol. The molecule has 1 amide bonds. The van der Waals surface area contributed by atoms with Gasteiger partial charge in [0.15, 0.2) is 0 Å². The molecule has 23 heavy (non-hydrogen) atoms. The monoisotopic (exact) mass is 345 g/mol. The van der Waals surface area contributed by atoms with Crippen molar-refractivity contribution in [2.24, 2.45) is 0 Å². The number of nitrogens with one attached hydrogen (secondary N) is 1. The Balaban J connectivity index is 1.54. The Kier molecular flexibility index (Phi) is 5.29. The minimum atomic E-state index is 0.0409. The summed E-state index contributed by atoms with van der Waals surface area (Å²) in [7, 11) is 0. The van der Waals surface area contributed by atoms with Crippen molar-refractivity contribution in [3.05, 3.63) is 64.2 Å². The smallest absolute Gasteiger partial charge is 0.230 e. The number of thioether (sulfide) groups is 1. The molecule has 0 spiro atoms. The predicted molar refractivity (Wildman–Crippen MR) is 97.2 cm³/mol. The van der Waals surface area contributed by atoms with Crippen molar-refractivity contribution in [1.82, 2.24) is 5.32 Å². The molecule has 0 saturated heterocycles. The van der Waals surface area contributed by atoms with E-state index in [1.54, 1.807) is 0 Å². The number of hydrogen-bond donors (Lipinski definition) is 1. The van der Waals surface area contributed by atoms with E-state index < -0.39 is 0 Å². The molecule has 1 aliphatic rings. The van der Waals surface area contributed by atoms with Crippen LogP contribution in [0.1, 0.15) is 36.1 Å². The molecule has 2 aromatic carbocycles. The van der Waals surface area contributed by atoms with Crippen LogP contribution in [-0.4, -0.2) is 11.7 Å². The van der Waals surface area contributed by atoms with Gasteiger partial charge in [-0.3, -0.25) is 4.79 Å². The summed E-state index contributed by atoms with van der Waals surface area (Å²) in [6.07, 6.45) is 3.60. The minimum Gasteiger partial charge on any atom is -0.349 e. The van der Waals surface area contributed by atoms with Crippen LogP contribution in [0, 0.1) is 0 Å². The van der Waals surface area contributed by atoms with E-state index in [1.807, 2.05) is 31.2 Å². The number of amides is 1. The molecule has 2 nitrogen and oxygen atoms in total. The van der Waals surface area contributed by atoms with Crippen LogP contribution in [0.25, 0.3) is 0 Å². The normalized spacial score (nSPS) is 14.3. The molecule has 0 radical (unpaired) electrons. The van der Waals surface area contributed by atoms with Crippen molar-refractivity contribution >= 4 is 29.3 Å². The zero-order valence-electron chi connectivity index (χ0n) is 13.1. The summed E-state index contributed by atoms with van der Waals surface area (Å²) in [5, 5.41) is 3.80. The second-order valence-electron chi connectivity index (χ2n) is 5.91. The number of aryl methyl sites for hydroxylation is 2. The molecule has 0 bridgehead atoms. The number of rotatable bonds is 5. The van der Waals surface area contributed by atoms with E-state index in [2.05, 4.69) is 23.5 Å². The van der Waals surface area contributed by atoms with Crippen LogP contribution < -0.4 is 5.32 Å². The lowest BCUT2D eigenvalue weighted by Gasteiger charge is -2.15. The fraction of sp³-hybridized carbons (Fsp3) is 0.316. The zero-order chi connectivity index (χ0) is 16.2. The van der Waals surface area contributed by atoms with Gasteiger partial charge in [-0.2, -0.15) is 0 Å². The van der Waals surface area contributed by atoms with Gasteiger partial charge in [0, 0.05) is 9.92 Å². The summed E-state index contributed by atoms with van der Waals surface area (Å²) < 4.78 is 0. The summed E-state index contributed by atoms with van der Waals surface area (Å²) in [5.41, 5.74) is 4.10. The van der Waals surface area contributed by atoms with E-state index in [9.17, 15) is 4.79 Å². The first-order valence-corrected chi connectivity index (χ1v) is 9.27. The van der Waals surface area contributed by atoms with E-state index in [0.29, 0.717) is 10.8 Å². The molecule has 0 fully saturated rings. The SMILES string of the molecule is C[C@H](NC(=O)CSc1ccc(Cl)cc1)c1ccc2c(c1)CCC2. The van der Waals surface area contributed by atoms with Crippen LogP contribution in [0.15, 0.2) is 47.4 Å². The van der Waals surface area contributed by atoms with Gasteiger partial charge in [-0.05, 0) is 67.1 Å². The van der Waals surface area contributed by atoms with E-state index in [1.165, 1.54) is 41.3 Å².